The Hall–Kier alpha value is -2.71. The lowest BCUT2D eigenvalue weighted by atomic mass is 9.84. The Morgan fingerprint density at radius 1 is 0.889 bits per heavy atom. The molecule has 0 aromatic heterocycles. The summed E-state index contributed by atoms with van der Waals surface area (Å²) in [5.41, 5.74) is 1.56. The maximum Gasteiger partial charge on any atom is 0.439 e. The largest absolute Gasteiger partial charge is 0.459 e. The van der Waals surface area contributed by atoms with Crippen molar-refractivity contribution in [3.05, 3.63) is 54.1 Å². The topological polar surface area (TPSA) is 35.5 Å². The average Bonchev–Trinajstić information content (AvgIpc) is 2.84. The fraction of sp³-hybridized carbons (Fsp3) is 0.519. The third kappa shape index (κ3) is 7.64. The highest BCUT2D eigenvalue weighted by atomic mass is 19.4. The molecule has 0 N–H and O–H groups in total. The van der Waals surface area contributed by atoms with Crippen LogP contribution in [0.15, 0.2) is 48.5 Å². The minimum Gasteiger partial charge on any atom is -0.459 e. The molecule has 1 fully saturated rings. The molecule has 1 aliphatic carbocycles. The van der Waals surface area contributed by atoms with E-state index in [4.69, 9.17) is 4.74 Å². The normalized spacial score (nSPS) is 19.5. The van der Waals surface area contributed by atoms with Gasteiger partial charge in [0, 0.05) is 0 Å². The number of unbranched alkanes of at least 4 members (excludes halogenated alkanes) is 2. The smallest absolute Gasteiger partial charge is 0.439 e. The molecule has 0 radical (unpaired) electrons. The average molecular weight is 517 g/mol. The maximum atomic E-state index is 13.4. The van der Waals surface area contributed by atoms with Gasteiger partial charge in [0.05, 0.1) is 5.56 Å². The predicted molar refractivity (Wildman–Crippen MR) is 124 cm³/mol. The van der Waals surface area contributed by atoms with Crippen molar-refractivity contribution in [3.8, 4) is 16.9 Å². The number of hydrogen-bond donors (Lipinski definition) is 0. The van der Waals surface area contributed by atoms with E-state index >= 15 is 0 Å². The van der Waals surface area contributed by atoms with Crippen molar-refractivity contribution < 1.29 is 40.6 Å². The van der Waals surface area contributed by atoms with Gasteiger partial charge >= 0.3 is 18.3 Å². The van der Waals surface area contributed by atoms with E-state index < -0.39 is 30.2 Å². The quantitative estimate of drug-likeness (QED) is 0.180. The fourth-order valence-electron chi connectivity index (χ4n) is 4.35. The first-order chi connectivity index (χ1) is 17.0. The molecule has 0 heterocycles. The number of ether oxygens (including phenoxy) is 2. The molecule has 0 bridgehead atoms. The maximum absolute atomic E-state index is 13.4. The molecule has 198 valence electrons. The summed E-state index contributed by atoms with van der Waals surface area (Å²) in [6, 6.07) is 11.2. The van der Waals surface area contributed by atoms with Crippen LogP contribution in [-0.4, -0.2) is 30.5 Å². The summed E-state index contributed by atoms with van der Waals surface area (Å²) in [7, 11) is 0. The Morgan fingerprint density at radius 3 is 1.97 bits per heavy atom. The number of esters is 1. The number of rotatable bonds is 10. The molecule has 2 aromatic rings. The third-order valence-electron chi connectivity index (χ3n) is 6.43. The first-order valence-corrected chi connectivity index (χ1v) is 12.2. The summed E-state index contributed by atoms with van der Waals surface area (Å²) >= 11 is 0. The standard InChI is InChI=1S/C27H30F6O3/c1-2-3-4-5-18-6-14-22(15-7-18)35-24(34)21-10-8-19(9-11-21)20-12-16-23(17-13-20)36-27(32,33)25(28)26(29,30)31/h8-13,16-18,22,25H,2-7,14-15H2,1H3. The van der Waals surface area contributed by atoms with Crippen LogP contribution in [0.2, 0.25) is 0 Å². The van der Waals surface area contributed by atoms with Crippen LogP contribution in [0.4, 0.5) is 26.3 Å². The zero-order valence-corrected chi connectivity index (χ0v) is 20.0. The zero-order valence-electron chi connectivity index (χ0n) is 20.0. The monoisotopic (exact) mass is 516 g/mol. The lowest BCUT2D eigenvalue weighted by molar-refractivity contribution is -0.304. The molecular weight excluding hydrogens is 486 g/mol. The van der Waals surface area contributed by atoms with Gasteiger partial charge in [0.1, 0.15) is 11.9 Å². The molecule has 3 rings (SSSR count). The molecule has 1 aliphatic rings. The second-order valence-corrected chi connectivity index (χ2v) is 9.21. The molecule has 1 unspecified atom stereocenters. The SMILES string of the molecule is CCCCCC1CCC(OC(=O)c2ccc(-c3ccc(OC(F)(F)C(F)C(F)(F)F)cc3)cc2)CC1. The highest BCUT2D eigenvalue weighted by Gasteiger charge is 2.59. The van der Waals surface area contributed by atoms with Gasteiger partial charge in [-0.1, -0.05) is 56.9 Å². The van der Waals surface area contributed by atoms with E-state index in [2.05, 4.69) is 11.7 Å². The highest BCUT2D eigenvalue weighted by molar-refractivity contribution is 5.90. The van der Waals surface area contributed by atoms with Crippen molar-refractivity contribution in [1.82, 2.24) is 0 Å². The van der Waals surface area contributed by atoms with Gasteiger partial charge in [0.2, 0.25) is 0 Å². The Balaban J connectivity index is 1.53. The molecule has 9 heteroatoms. The zero-order chi connectivity index (χ0) is 26.3. The van der Waals surface area contributed by atoms with E-state index in [0.717, 1.165) is 37.8 Å². The van der Waals surface area contributed by atoms with Crippen LogP contribution < -0.4 is 4.74 Å². The molecule has 0 amide bonds. The van der Waals surface area contributed by atoms with Crippen LogP contribution in [0.5, 0.6) is 5.75 Å². The number of carbonyl (C=O) groups excluding carboxylic acids is 1. The molecule has 36 heavy (non-hydrogen) atoms. The van der Waals surface area contributed by atoms with Crippen molar-refractivity contribution >= 4 is 5.97 Å². The molecule has 0 aliphatic heterocycles. The molecule has 2 aromatic carbocycles. The van der Waals surface area contributed by atoms with Gasteiger partial charge in [-0.15, -0.1) is 0 Å². The Bertz CT molecular complexity index is 964. The minimum atomic E-state index is -5.75. The predicted octanol–water partition coefficient (Wildman–Crippen LogP) is 8.52. The van der Waals surface area contributed by atoms with Crippen LogP contribution in [0.25, 0.3) is 11.1 Å². The molecule has 1 atom stereocenters. The van der Waals surface area contributed by atoms with Crippen LogP contribution in [0.3, 0.4) is 0 Å². The van der Waals surface area contributed by atoms with Crippen LogP contribution in [0, 0.1) is 5.92 Å². The second-order valence-electron chi connectivity index (χ2n) is 9.21. The van der Waals surface area contributed by atoms with E-state index in [1.807, 2.05) is 0 Å². The van der Waals surface area contributed by atoms with Crippen molar-refractivity contribution in [2.45, 2.75) is 82.9 Å². The molecule has 0 saturated heterocycles. The molecular formula is C27H30F6O3. The van der Waals surface area contributed by atoms with Gasteiger partial charge in [-0.05, 0) is 67.0 Å². The van der Waals surface area contributed by atoms with Crippen molar-refractivity contribution in [3.63, 3.8) is 0 Å². The van der Waals surface area contributed by atoms with Gasteiger partial charge in [0.25, 0.3) is 6.17 Å². The Labute approximate surface area is 206 Å². The van der Waals surface area contributed by atoms with Crippen molar-refractivity contribution in [2.24, 2.45) is 5.92 Å². The van der Waals surface area contributed by atoms with E-state index in [1.54, 1.807) is 24.3 Å². The summed E-state index contributed by atoms with van der Waals surface area (Å²) in [5, 5.41) is 0. The minimum absolute atomic E-state index is 0.0912. The van der Waals surface area contributed by atoms with Gasteiger partial charge in [-0.2, -0.15) is 22.0 Å². The summed E-state index contributed by atoms with van der Waals surface area (Å²) in [6.45, 7) is 2.19. The summed E-state index contributed by atoms with van der Waals surface area (Å²) < 4.78 is 86.2. The van der Waals surface area contributed by atoms with E-state index in [0.29, 0.717) is 22.6 Å². The molecule has 1 saturated carbocycles. The van der Waals surface area contributed by atoms with Crippen LogP contribution in [-0.2, 0) is 4.74 Å². The first kappa shape index (κ1) is 27.9. The van der Waals surface area contributed by atoms with Crippen molar-refractivity contribution in [2.75, 3.05) is 0 Å². The Kier molecular flexibility index (Phi) is 9.30. The number of alkyl halides is 6. The summed E-state index contributed by atoms with van der Waals surface area (Å²) in [4.78, 5) is 12.5. The van der Waals surface area contributed by atoms with Gasteiger partial charge in [0.15, 0.2) is 0 Å². The highest BCUT2D eigenvalue weighted by Crippen LogP contribution is 2.37. The van der Waals surface area contributed by atoms with Gasteiger partial charge in [-0.25, -0.2) is 9.18 Å². The van der Waals surface area contributed by atoms with Gasteiger partial charge in [-0.3, -0.25) is 0 Å². The number of hydrogen-bond acceptors (Lipinski definition) is 3. The fourth-order valence-corrected chi connectivity index (χ4v) is 4.35. The van der Waals surface area contributed by atoms with Crippen molar-refractivity contribution in [1.29, 1.82) is 0 Å². The number of carbonyl (C=O) groups is 1. The number of halogens is 6. The van der Waals surface area contributed by atoms with E-state index in [9.17, 15) is 31.1 Å². The second kappa shape index (κ2) is 12.0. The first-order valence-electron chi connectivity index (χ1n) is 12.2. The van der Waals surface area contributed by atoms with E-state index in [-0.39, 0.29) is 6.10 Å². The number of benzene rings is 2. The summed E-state index contributed by atoms with van der Waals surface area (Å²) in [6.07, 6.45) is -6.56. The lowest BCUT2D eigenvalue weighted by Crippen LogP contribution is -2.45. The Morgan fingerprint density at radius 2 is 1.44 bits per heavy atom. The molecule has 0 spiro atoms. The lowest BCUT2D eigenvalue weighted by Gasteiger charge is -2.28. The third-order valence-corrected chi connectivity index (χ3v) is 6.43. The van der Waals surface area contributed by atoms with Crippen LogP contribution in [0.1, 0.15) is 68.6 Å². The summed E-state index contributed by atoms with van der Waals surface area (Å²) in [5.74, 6) is -0.319. The van der Waals surface area contributed by atoms with E-state index in [1.165, 1.54) is 37.8 Å². The van der Waals surface area contributed by atoms with Crippen LogP contribution >= 0.6 is 0 Å². The van der Waals surface area contributed by atoms with Gasteiger partial charge < -0.3 is 9.47 Å². The molecule has 3 nitrogen and oxygen atoms in total.